The number of ether oxygens (including phenoxy) is 2. The Hall–Kier alpha value is -1.77. The van der Waals surface area contributed by atoms with Crippen LogP contribution in [-0.2, 0) is 30.5 Å². The van der Waals surface area contributed by atoms with Crippen molar-refractivity contribution in [1.82, 2.24) is 9.97 Å². The molecule has 8 unspecified atom stereocenters. The Morgan fingerprint density at radius 3 is 2.87 bits per heavy atom. The summed E-state index contributed by atoms with van der Waals surface area (Å²) in [6, 6.07) is -0.522. The number of hydrogen-bond donors (Lipinski definition) is 1. The van der Waals surface area contributed by atoms with Crippen LogP contribution < -0.4 is 0 Å². The summed E-state index contributed by atoms with van der Waals surface area (Å²) >= 11 is 0. The van der Waals surface area contributed by atoms with Crippen molar-refractivity contribution in [3.05, 3.63) is 18.2 Å². The maximum atomic E-state index is 12.3. The van der Waals surface area contributed by atoms with Crippen LogP contribution in [0.15, 0.2) is 17.5 Å². The lowest BCUT2D eigenvalue weighted by Crippen LogP contribution is -2.69. The molecule has 30 heavy (non-hydrogen) atoms. The molecule has 8 atom stereocenters. The van der Waals surface area contributed by atoms with Crippen LogP contribution in [0.5, 0.6) is 0 Å². The Bertz CT molecular complexity index is 842. The highest BCUT2D eigenvalue weighted by Crippen LogP contribution is 2.59. The number of ketones is 1. The fourth-order valence-electron chi connectivity index (χ4n) is 5.96. The number of aliphatic imine (C=N–C) groups is 1. The molecule has 4 saturated heterocycles. The van der Waals surface area contributed by atoms with E-state index >= 15 is 0 Å². The highest BCUT2D eigenvalue weighted by atomic mass is 17.3. The first-order chi connectivity index (χ1) is 14.3. The molecule has 1 saturated carbocycles. The highest BCUT2D eigenvalue weighted by molar-refractivity contribution is 5.87. The molecule has 0 amide bonds. The summed E-state index contributed by atoms with van der Waals surface area (Å²) in [5.41, 5.74) is 0.251. The molecule has 8 heteroatoms. The molecule has 1 aromatic rings. The number of nitrogens with one attached hydrogen (secondary N) is 1. The highest BCUT2D eigenvalue weighted by Gasteiger charge is 2.69. The van der Waals surface area contributed by atoms with Crippen LogP contribution in [0.4, 0.5) is 0 Å². The maximum Gasteiger partial charge on any atom is 0.237 e. The first kappa shape index (κ1) is 20.2. The summed E-state index contributed by atoms with van der Waals surface area (Å²) in [4.78, 5) is 36.3. The van der Waals surface area contributed by atoms with Gasteiger partial charge < -0.3 is 14.5 Å². The van der Waals surface area contributed by atoms with E-state index in [0.717, 1.165) is 31.4 Å². The number of nitrogens with zero attached hydrogens (tertiary/aromatic N) is 2. The van der Waals surface area contributed by atoms with E-state index < -0.39 is 23.7 Å². The first-order valence-corrected chi connectivity index (χ1v) is 11.1. The van der Waals surface area contributed by atoms with E-state index in [0.29, 0.717) is 24.2 Å². The van der Waals surface area contributed by atoms with E-state index in [9.17, 15) is 4.79 Å². The lowest BCUT2D eigenvalue weighted by atomic mass is 9.58. The van der Waals surface area contributed by atoms with E-state index in [4.69, 9.17) is 24.2 Å². The molecule has 1 aliphatic carbocycles. The van der Waals surface area contributed by atoms with Crippen molar-refractivity contribution >= 4 is 11.7 Å². The summed E-state index contributed by atoms with van der Waals surface area (Å²) < 4.78 is 12.8. The second-order valence-corrected chi connectivity index (χ2v) is 9.69. The minimum Gasteiger partial charge on any atom is -0.448 e. The monoisotopic (exact) mass is 417 g/mol. The van der Waals surface area contributed by atoms with Gasteiger partial charge in [-0.3, -0.25) is 4.79 Å². The zero-order chi connectivity index (χ0) is 21.1. The minimum absolute atomic E-state index is 0.00168. The van der Waals surface area contributed by atoms with Crippen LogP contribution in [0.1, 0.15) is 59.1 Å². The molecular formula is C22H31N3O5. The Morgan fingerprint density at radius 2 is 2.13 bits per heavy atom. The third-order valence-corrected chi connectivity index (χ3v) is 7.72. The number of imidazole rings is 1. The lowest BCUT2D eigenvalue weighted by molar-refractivity contribution is -0.557. The number of hydrogen-bond acceptors (Lipinski definition) is 7. The van der Waals surface area contributed by atoms with E-state index in [1.807, 2.05) is 6.92 Å². The van der Waals surface area contributed by atoms with E-state index in [2.05, 4.69) is 23.8 Å². The Morgan fingerprint density at radius 1 is 1.30 bits per heavy atom. The zero-order valence-electron chi connectivity index (χ0n) is 18.1. The zero-order valence-corrected chi connectivity index (χ0v) is 18.1. The molecule has 8 nitrogen and oxygen atoms in total. The predicted octanol–water partition coefficient (Wildman–Crippen LogP) is 3.19. The topological polar surface area (TPSA) is 95.0 Å². The Labute approximate surface area is 176 Å². The molecule has 1 aromatic heterocycles. The standard InChI is InChI=1S/C22H31N3O5/c1-12-5-6-17-13(2)19(25-18(14(3)26)9-15-10-23-11-24-15)27-20-22(17)16(12)7-8-21(4,28-20)29-30-22/h10-13,16-18,20H,5-9H2,1-4H3,(H,23,24). The van der Waals surface area contributed by atoms with Crippen molar-refractivity contribution in [2.45, 2.75) is 83.5 Å². The van der Waals surface area contributed by atoms with Gasteiger partial charge in [-0.1, -0.05) is 13.8 Å². The molecule has 164 valence electrons. The quantitative estimate of drug-likeness (QED) is 0.756. The van der Waals surface area contributed by atoms with Crippen LogP contribution >= 0.6 is 0 Å². The first-order valence-electron chi connectivity index (χ1n) is 11.1. The number of aromatic nitrogens is 2. The molecular weight excluding hydrogens is 386 g/mol. The number of H-pyrrole nitrogens is 1. The summed E-state index contributed by atoms with van der Waals surface area (Å²) in [6.07, 6.45) is 7.11. The van der Waals surface area contributed by atoms with Crippen molar-refractivity contribution in [2.75, 3.05) is 0 Å². The Balaban J connectivity index is 1.50. The van der Waals surface area contributed by atoms with Gasteiger partial charge in [-0.2, -0.15) is 0 Å². The normalized spacial score (nSPS) is 44.8. The van der Waals surface area contributed by atoms with Gasteiger partial charge in [-0.25, -0.2) is 19.8 Å². The second kappa shape index (κ2) is 7.14. The SMILES string of the molecule is CC(=O)C(Cc1cnc[nH]1)N=C1OC2OC3(C)CCC4C(C)CCC(C1C)C24OO3. The Kier molecular flexibility index (Phi) is 4.79. The molecule has 4 aliphatic heterocycles. The fourth-order valence-corrected chi connectivity index (χ4v) is 5.96. The molecule has 6 rings (SSSR count). The van der Waals surface area contributed by atoms with E-state index in [1.165, 1.54) is 0 Å². The third kappa shape index (κ3) is 3.03. The van der Waals surface area contributed by atoms with E-state index in [-0.39, 0.29) is 17.6 Å². The van der Waals surface area contributed by atoms with Gasteiger partial charge in [-0.15, -0.1) is 0 Å². The summed E-state index contributed by atoms with van der Waals surface area (Å²) in [7, 11) is 0. The number of rotatable bonds is 4. The molecule has 2 bridgehead atoms. The molecule has 0 radical (unpaired) electrons. The van der Waals surface area contributed by atoms with Crippen molar-refractivity contribution < 1.29 is 24.0 Å². The third-order valence-electron chi connectivity index (χ3n) is 7.72. The van der Waals surface area contributed by atoms with Gasteiger partial charge in [0.25, 0.3) is 0 Å². The molecule has 0 aromatic carbocycles. The predicted molar refractivity (Wildman–Crippen MR) is 107 cm³/mol. The van der Waals surface area contributed by atoms with Crippen LogP contribution in [0, 0.1) is 23.7 Å². The van der Waals surface area contributed by atoms with Crippen LogP contribution in [0.25, 0.3) is 0 Å². The number of aromatic amines is 1. The van der Waals surface area contributed by atoms with Gasteiger partial charge in [0.15, 0.2) is 17.3 Å². The van der Waals surface area contributed by atoms with Crippen molar-refractivity contribution in [2.24, 2.45) is 28.7 Å². The summed E-state index contributed by atoms with van der Waals surface area (Å²) in [6.45, 7) is 7.89. The van der Waals surface area contributed by atoms with Gasteiger partial charge in [-0.05, 0) is 39.0 Å². The summed E-state index contributed by atoms with van der Waals surface area (Å²) in [5.74, 6) is 0.757. The van der Waals surface area contributed by atoms with Crippen LogP contribution in [-0.4, -0.2) is 45.4 Å². The number of carbonyl (C=O) groups is 1. The van der Waals surface area contributed by atoms with Gasteiger partial charge >= 0.3 is 0 Å². The van der Waals surface area contributed by atoms with Gasteiger partial charge in [0.05, 0.1) is 6.33 Å². The van der Waals surface area contributed by atoms with Crippen molar-refractivity contribution in [1.29, 1.82) is 0 Å². The van der Waals surface area contributed by atoms with Crippen LogP contribution in [0.2, 0.25) is 0 Å². The van der Waals surface area contributed by atoms with Crippen molar-refractivity contribution in [3.63, 3.8) is 0 Å². The number of carbonyl (C=O) groups excluding carboxylic acids is 1. The van der Waals surface area contributed by atoms with Gasteiger partial charge in [0.2, 0.25) is 12.1 Å². The largest absolute Gasteiger partial charge is 0.448 e. The second-order valence-electron chi connectivity index (χ2n) is 9.69. The lowest BCUT2D eigenvalue weighted by Gasteiger charge is -2.58. The average molecular weight is 418 g/mol. The molecule has 5 aliphatic rings. The number of Topliss-reactive ketones (excluding diaryl/α,β-unsaturated/α-hetero) is 1. The smallest absolute Gasteiger partial charge is 0.237 e. The molecule has 1 spiro atoms. The summed E-state index contributed by atoms with van der Waals surface area (Å²) in [5, 5.41) is 0. The fraction of sp³-hybridized carbons (Fsp3) is 0.773. The van der Waals surface area contributed by atoms with Crippen LogP contribution in [0.3, 0.4) is 0 Å². The molecule has 1 N–H and O–H groups in total. The molecule has 5 heterocycles. The van der Waals surface area contributed by atoms with Crippen molar-refractivity contribution in [3.8, 4) is 0 Å². The van der Waals surface area contributed by atoms with E-state index in [1.54, 1.807) is 19.4 Å². The van der Waals surface area contributed by atoms with Gasteiger partial charge in [0.1, 0.15) is 6.04 Å². The minimum atomic E-state index is -0.820. The maximum absolute atomic E-state index is 12.3. The van der Waals surface area contributed by atoms with Gasteiger partial charge in [0, 0.05) is 42.5 Å². The average Bonchev–Trinajstić information content (AvgIpc) is 3.11. The number of fused-ring (bicyclic) bond motifs is 2. The molecule has 5 fully saturated rings.